The predicted molar refractivity (Wildman–Crippen MR) is 96.9 cm³/mol. The monoisotopic (exact) mass is 360 g/mol. The number of halogens is 1. The van der Waals surface area contributed by atoms with Gasteiger partial charge in [0.05, 0.1) is 38.8 Å². The van der Waals surface area contributed by atoms with E-state index in [1.807, 2.05) is 0 Å². The van der Waals surface area contributed by atoms with Crippen LogP contribution in [0.3, 0.4) is 0 Å². The Bertz CT molecular complexity index is 769. The van der Waals surface area contributed by atoms with Crippen molar-refractivity contribution in [1.82, 2.24) is 0 Å². The summed E-state index contributed by atoms with van der Waals surface area (Å²) in [6.07, 6.45) is 0. The smallest absolute Gasteiger partial charge is 0.263 e. The van der Waals surface area contributed by atoms with E-state index in [1.165, 1.54) is 26.4 Å². The Balaban J connectivity index is 1.94. The molecule has 6 nitrogen and oxygen atoms in total. The minimum absolute atomic E-state index is 0.259. The molecule has 1 fully saturated rings. The Labute approximate surface area is 151 Å². The van der Waals surface area contributed by atoms with Gasteiger partial charge in [-0.15, -0.1) is 0 Å². The first-order chi connectivity index (χ1) is 12.6. The van der Waals surface area contributed by atoms with Crippen molar-refractivity contribution in [1.29, 1.82) is 0 Å². The molecule has 2 aromatic carbocycles. The van der Waals surface area contributed by atoms with Gasteiger partial charge in [-0.3, -0.25) is 4.79 Å². The quantitative estimate of drug-likeness (QED) is 0.888. The fourth-order valence-corrected chi connectivity index (χ4v) is 2.95. The lowest BCUT2D eigenvalue weighted by atomic mass is 10.1. The van der Waals surface area contributed by atoms with Gasteiger partial charge in [0.15, 0.2) is 0 Å². The molecule has 0 radical (unpaired) electrons. The number of ether oxygens (including phenoxy) is 3. The predicted octanol–water partition coefficient (Wildman–Crippen LogP) is 2.93. The number of hydrogen-bond acceptors (Lipinski definition) is 5. The van der Waals surface area contributed by atoms with E-state index >= 15 is 0 Å². The third-order valence-corrected chi connectivity index (χ3v) is 4.21. The van der Waals surface area contributed by atoms with Crippen molar-refractivity contribution in [2.24, 2.45) is 0 Å². The van der Waals surface area contributed by atoms with Crippen LogP contribution in [-0.2, 0) is 4.74 Å². The molecular weight excluding hydrogens is 339 g/mol. The topological polar surface area (TPSA) is 60.0 Å². The molecule has 0 spiro atoms. The number of carbonyl (C=O) groups excluding carboxylic acids is 1. The molecule has 0 saturated carbocycles. The zero-order valence-electron chi connectivity index (χ0n) is 14.8. The van der Waals surface area contributed by atoms with Gasteiger partial charge in [0.25, 0.3) is 5.91 Å². The molecule has 138 valence electrons. The lowest BCUT2D eigenvalue weighted by molar-refractivity contribution is 0.102. The number of benzene rings is 2. The van der Waals surface area contributed by atoms with E-state index in [9.17, 15) is 9.18 Å². The summed E-state index contributed by atoms with van der Waals surface area (Å²) in [4.78, 5) is 14.9. The highest BCUT2D eigenvalue weighted by Crippen LogP contribution is 2.32. The normalized spacial score (nSPS) is 14.0. The van der Waals surface area contributed by atoms with Gasteiger partial charge in [0.1, 0.15) is 22.9 Å². The zero-order chi connectivity index (χ0) is 18.5. The van der Waals surface area contributed by atoms with Crippen LogP contribution in [0.1, 0.15) is 10.4 Å². The Hall–Kier alpha value is -2.80. The number of amides is 1. The van der Waals surface area contributed by atoms with Gasteiger partial charge in [-0.1, -0.05) is 6.07 Å². The molecule has 1 heterocycles. The Morgan fingerprint density at radius 2 is 1.77 bits per heavy atom. The molecule has 0 bridgehead atoms. The average molecular weight is 360 g/mol. The van der Waals surface area contributed by atoms with Crippen LogP contribution >= 0.6 is 0 Å². The summed E-state index contributed by atoms with van der Waals surface area (Å²) in [6, 6.07) is 9.43. The molecular formula is C19H21FN2O4. The number of morpholine rings is 1. The van der Waals surface area contributed by atoms with E-state index < -0.39 is 11.7 Å². The first-order valence-corrected chi connectivity index (χ1v) is 8.28. The number of hydrogen-bond donors (Lipinski definition) is 1. The molecule has 1 saturated heterocycles. The van der Waals surface area contributed by atoms with Gasteiger partial charge in [0.2, 0.25) is 0 Å². The Kier molecular flexibility index (Phi) is 5.58. The summed E-state index contributed by atoms with van der Waals surface area (Å²) in [5, 5.41) is 2.79. The molecule has 26 heavy (non-hydrogen) atoms. The molecule has 1 aliphatic rings. The SMILES string of the molecule is COc1cccc(OC)c1C(=O)Nc1cc(F)ccc1N1CCOCC1. The standard InChI is InChI=1S/C19H21FN2O4/c1-24-16-4-3-5-17(25-2)18(16)19(23)21-14-12-13(20)6-7-15(14)22-8-10-26-11-9-22/h3-7,12H,8-11H2,1-2H3,(H,21,23). The average Bonchev–Trinajstić information content (AvgIpc) is 2.68. The third kappa shape index (κ3) is 3.72. The van der Waals surface area contributed by atoms with Crippen LogP contribution in [0, 0.1) is 5.82 Å². The molecule has 0 aromatic heterocycles. The summed E-state index contributed by atoms with van der Waals surface area (Å²) < 4.78 is 29.7. The number of rotatable bonds is 5. The van der Waals surface area contributed by atoms with E-state index in [0.29, 0.717) is 43.5 Å². The van der Waals surface area contributed by atoms with Gasteiger partial charge >= 0.3 is 0 Å². The second-order valence-corrected chi connectivity index (χ2v) is 5.75. The number of anilines is 2. The Morgan fingerprint density at radius 3 is 2.38 bits per heavy atom. The van der Waals surface area contributed by atoms with E-state index in [4.69, 9.17) is 14.2 Å². The van der Waals surface area contributed by atoms with Crippen molar-refractivity contribution in [3.05, 3.63) is 47.8 Å². The second-order valence-electron chi connectivity index (χ2n) is 5.75. The first kappa shape index (κ1) is 18.0. The number of methoxy groups -OCH3 is 2. The second kappa shape index (κ2) is 8.05. The van der Waals surface area contributed by atoms with E-state index in [-0.39, 0.29) is 5.56 Å². The fourth-order valence-electron chi connectivity index (χ4n) is 2.95. The van der Waals surface area contributed by atoms with Crippen LogP contribution < -0.4 is 19.7 Å². The minimum atomic E-state index is -0.431. The molecule has 1 amide bonds. The van der Waals surface area contributed by atoms with Crippen LogP contribution in [0.5, 0.6) is 11.5 Å². The maximum absolute atomic E-state index is 13.8. The van der Waals surface area contributed by atoms with Crippen LogP contribution in [-0.4, -0.2) is 46.4 Å². The molecule has 0 atom stereocenters. The summed E-state index contributed by atoms with van der Waals surface area (Å²) in [5.41, 5.74) is 1.40. The van der Waals surface area contributed by atoms with Crippen molar-refractivity contribution in [2.75, 3.05) is 50.7 Å². The third-order valence-electron chi connectivity index (χ3n) is 4.21. The zero-order valence-corrected chi connectivity index (χ0v) is 14.8. The van der Waals surface area contributed by atoms with E-state index in [2.05, 4.69) is 10.2 Å². The van der Waals surface area contributed by atoms with Crippen LogP contribution in [0.2, 0.25) is 0 Å². The van der Waals surface area contributed by atoms with Crippen molar-refractivity contribution < 1.29 is 23.4 Å². The highest BCUT2D eigenvalue weighted by Gasteiger charge is 2.21. The van der Waals surface area contributed by atoms with Crippen molar-refractivity contribution in [3.8, 4) is 11.5 Å². The van der Waals surface area contributed by atoms with E-state index in [0.717, 1.165) is 5.69 Å². The first-order valence-electron chi connectivity index (χ1n) is 8.28. The van der Waals surface area contributed by atoms with E-state index in [1.54, 1.807) is 24.3 Å². The number of nitrogens with zero attached hydrogens (tertiary/aromatic N) is 1. The molecule has 0 aliphatic carbocycles. The lowest BCUT2D eigenvalue weighted by Crippen LogP contribution is -2.36. The van der Waals surface area contributed by atoms with Crippen molar-refractivity contribution in [3.63, 3.8) is 0 Å². The van der Waals surface area contributed by atoms with Gasteiger partial charge < -0.3 is 24.4 Å². The maximum Gasteiger partial charge on any atom is 0.263 e. The van der Waals surface area contributed by atoms with Gasteiger partial charge in [-0.25, -0.2) is 4.39 Å². The molecule has 1 N–H and O–H groups in total. The molecule has 0 unspecified atom stereocenters. The minimum Gasteiger partial charge on any atom is -0.496 e. The van der Waals surface area contributed by atoms with Crippen LogP contribution in [0.25, 0.3) is 0 Å². The van der Waals surface area contributed by atoms with Gasteiger partial charge in [0, 0.05) is 13.1 Å². The van der Waals surface area contributed by atoms with Crippen molar-refractivity contribution >= 4 is 17.3 Å². The summed E-state index contributed by atoms with van der Waals surface area (Å²) in [5.74, 6) is -0.0962. The molecule has 7 heteroatoms. The molecule has 2 aromatic rings. The number of carbonyl (C=O) groups is 1. The molecule has 1 aliphatic heterocycles. The fraction of sp³-hybridized carbons (Fsp3) is 0.316. The summed E-state index contributed by atoms with van der Waals surface area (Å²) in [6.45, 7) is 2.52. The van der Waals surface area contributed by atoms with Crippen molar-refractivity contribution in [2.45, 2.75) is 0 Å². The van der Waals surface area contributed by atoms with Crippen LogP contribution in [0.15, 0.2) is 36.4 Å². The summed E-state index contributed by atoms with van der Waals surface area (Å²) in [7, 11) is 2.96. The highest BCUT2D eigenvalue weighted by molar-refractivity contribution is 6.09. The van der Waals surface area contributed by atoms with Gasteiger partial charge in [-0.05, 0) is 30.3 Å². The Morgan fingerprint density at radius 1 is 1.12 bits per heavy atom. The largest absolute Gasteiger partial charge is 0.496 e. The lowest BCUT2D eigenvalue weighted by Gasteiger charge is -2.30. The maximum atomic E-state index is 13.8. The summed E-state index contributed by atoms with van der Waals surface area (Å²) >= 11 is 0. The highest BCUT2D eigenvalue weighted by atomic mass is 19.1. The number of nitrogens with one attached hydrogen (secondary N) is 1. The molecule has 3 rings (SSSR count). The van der Waals surface area contributed by atoms with Gasteiger partial charge in [-0.2, -0.15) is 0 Å². The van der Waals surface area contributed by atoms with Crippen LogP contribution in [0.4, 0.5) is 15.8 Å².